The van der Waals surface area contributed by atoms with Gasteiger partial charge in [-0.3, -0.25) is 19.5 Å². The van der Waals surface area contributed by atoms with Crippen LogP contribution in [0.3, 0.4) is 0 Å². The average molecular weight is 1740 g/mol. The number of benzene rings is 18. The molecule has 10 aromatic heterocycles. The molecule has 12 heteroatoms. The van der Waals surface area contributed by atoms with Crippen LogP contribution in [0.5, 0.6) is 0 Å². The van der Waals surface area contributed by atoms with Crippen LogP contribution in [-0.4, -0.2) is 57.3 Å². The molecular weight excluding hydrogens is 1660 g/mol. The van der Waals surface area contributed by atoms with Crippen LogP contribution in [-0.2, 0) is 0 Å². The molecule has 18 aromatic carbocycles. The second-order valence-corrected chi connectivity index (χ2v) is 34.5. The first kappa shape index (κ1) is 78.5. The van der Waals surface area contributed by atoms with E-state index in [9.17, 15) is 0 Å². The van der Waals surface area contributed by atoms with Crippen LogP contribution < -0.4 is 0 Å². The van der Waals surface area contributed by atoms with Gasteiger partial charge in [-0.1, -0.05) is 297 Å². The predicted octanol–water partition coefficient (Wildman–Crippen LogP) is 31.2. The lowest BCUT2D eigenvalue weighted by Crippen LogP contribution is -2.06. The fourth-order valence-corrected chi connectivity index (χ4v) is 20.9. The van der Waals surface area contributed by atoms with Crippen molar-refractivity contribution in [1.82, 2.24) is 57.3 Å². The minimum Gasteiger partial charge on any atom is -0.309 e. The molecule has 28 rings (SSSR count). The third kappa shape index (κ3) is 13.2. The number of fused-ring (bicyclic) bond motifs is 19. The van der Waals surface area contributed by atoms with Gasteiger partial charge in [-0.05, 0) is 207 Å². The molecule has 12 nitrogen and oxygen atoms in total. The van der Waals surface area contributed by atoms with Crippen LogP contribution in [0.15, 0.2) is 486 Å². The summed E-state index contributed by atoms with van der Waals surface area (Å²) in [5.41, 5.74) is 30.9. The number of rotatable bonds is 12. The maximum absolute atomic E-state index is 5.09. The van der Waals surface area contributed by atoms with Crippen molar-refractivity contribution in [2.75, 3.05) is 0 Å². The van der Waals surface area contributed by atoms with Gasteiger partial charge in [0.15, 0.2) is 11.6 Å². The van der Waals surface area contributed by atoms with Gasteiger partial charge in [0.05, 0.1) is 84.8 Å². The van der Waals surface area contributed by atoms with Crippen molar-refractivity contribution in [2.24, 2.45) is 0 Å². The van der Waals surface area contributed by atoms with Crippen LogP contribution in [0.1, 0.15) is 0 Å². The number of pyridine rings is 3. The van der Waals surface area contributed by atoms with Crippen LogP contribution in [0.4, 0.5) is 0 Å². The second kappa shape index (κ2) is 32.8. The minimum absolute atomic E-state index is 0.581. The summed E-state index contributed by atoms with van der Waals surface area (Å²) in [5.74, 6) is 1.85. The van der Waals surface area contributed by atoms with E-state index < -0.39 is 0 Å². The molecule has 0 aliphatic carbocycles. The molecule has 0 amide bonds. The Balaban J connectivity index is 0.000000106. The fraction of sp³-hybridized carbons (Fsp3) is 0. The van der Waals surface area contributed by atoms with Crippen molar-refractivity contribution in [3.63, 3.8) is 0 Å². The van der Waals surface area contributed by atoms with Crippen molar-refractivity contribution in [1.29, 1.82) is 0 Å². The molecule has 0 N–H and O–H groups in total. The third-order valence-electron chi connectivity index (χ3n) is 26.9. The summed E-state index contributed by atoms with van der Waals surface area (Å²) in [6, 6.07) is 159. The van der Waals surface area contributed by atoms with Crippen molar-refractivity contribution in [3.8, 4) is 102 Å². The number of hydrogen-bond donors (Lipinski definition) is 0. The zero-order valence-corrected chi connectivity index (χ0v) is 73.6. The standard InChI is InChI=1S/C44H28N6.C41H27N3.C39H25N3/c1-4-13-29(14-5-1)42-46-43(30-15-6-2-7-16-30)48-44(47-42)50-37-21-11-10-19-34(37)36-27-31(23-24-38(36)50)33-20-12-22-39-41(33)35-25-26-45-28-40(35)49(39)32-17-8-3-9-18-32;1-3-10-28(11-4-1)29-18-21-32(22-19-29)43-37-16-8-7-14-34(37)36-26-30(20-23-38(36)43)33-15-9-17-39-41(33)35-24-25-42-27-40(35)44(39)31-12-5-2-6-13-31;1-2-11-29(12-3-1)41-37-16-8-14-31(39(37)33-21-22-40-25-38(33)41)28-18-20-36-34(24-28)32-13-6-7-15-35(32)42(36)30-19-17-26-9-4-5-10-27(26)23-30/h1-28H;1-27H;1-25H. The van der Waals surface area contributed by atoms with E-state index in [1.165, 1.54) is 142 Å². The van der Waals surface area contributed by atoms with Gasteiger partial charge in [-0.25, -0.2) is 4.98 Å². The van der Waals surface area contributed by atoms with Crippen molar-refractivity contribution in [2.45, 2.75) is 0 Å². The highest BCUT2D eigenvalue weighted by Crippen LogP contribution is 2.47. The van der Waals surface area contributed by atoms with Gasteiger partial charge in [-0.2, -0.15) is 9.97 Å². The van der Waals surface area contributed by atoms with E-state index >= 15 is 0 Å². The van der Waals surface area contributed by atoms with Gasteiger partial charge >= 0.3 is 0 Å². The van der Waals surface area contributed by atoms with E-state index in [-0.39, 0.29) is 0 Å². The Bertz CT molecular complexity index is 9470. The first-order chi connectivity index (χ1) is 67.5. The molecule has 0 bridgehead atoms. The maximum atomic E-state index is 5.09. The van der Waals surface area contributed by atoms with Gasteiger partial charge in [0.2, 0.25) is 5.95 Å². The second-order valence-electron chi connectivity index (χ2n) is 34.5. The molecule has 0 saturated carbocycles. The first-order valence-corrected chi connectivity index (χ1v) is 45.9. The highest BCUT2D eigenvalue weighted by molar-refractivity contribution is 6.21. The Labute approximate surface area is 781 Å². The number of para-hydroxylation sites is 6. The summed E-state index contributed by atoms with van der Waals surface area (Å²) in [4.78, 5) is 28.6. The summed E-state index contributed by atoms with van der Waals surface area (Å²) in [6.07, 6.45) is 11.6. The van der Waals surface area contributed by atoms with E-state index in [1.807, 2.05) is 97.8 Å². The number of nitrogens with zero attached hydrogens (tertiary/aromatic N) is 12. The normalized spacial score (nSPS) is 11.7. The first-order valence-electron chi connectivity index (χ1n) is 45.9. The molecule has 0 fully saturated rings. The van der Waals surface area contributed by atoms with Gasteiger partial charge in [0, 0.05) is 123 Å². The Morgan fingerprint density at radius 1 is 0.154 bits per heavy atom. The van der Waals surface area contributed by atoms with Crippen LogP contribution in [0.2, 0.25) is 0 Å². The van der Waals surface area contributed by atoms with Gasteiger partial charge < -0.3 is 22.8 Å². The van der Waals surface area contributed by atoms with Crippen molar-refractivity contribution >= 4 is 142 Å². The Hall–Kier alpha value is -18.5. The largest absolute Gasteiger partial charge is 0.309 e. The topological polar surface area (TPSA) is 107 Å². The lowest BCUT2D eigenvalue weighted by Gasteiger charge is -2.11. The van der Waals surface area contributed by atoms with Crippen molar-refractivity contribution < 1.29 is 0 Å². The zero-order valence-electron chi connectivity index (χ0n) is 73.6. The highest BCUT2D eigenvalue weighted by atomic mass is 15.2. The number of aromatic nitrogens is 12. The zero-order chi connectivity index (χ0) is 89.7. The van der Waals surface area contributed by atoms with Crippen LogP contribution in [0.25, 0.3) is 243 Å². The molecule has 0 saturated heterocycles. The molecule has 0 radical (unpaired) electrons. The molecule has 0 aliphatic rings. The lowest BCUT2D eigenvalue weighted by molar-refractivity contribution is 0.953. The summed E-state index contributed by atoms with van der Waals surface area (Å²) < 4.78 is 13.9. The SMILES string of the molecule is c1ccc(-c2ccc(-n3c4ccccc4c4cc(-c5cccc6c5c5ccncc5n6-c5ccccc5)ccc43)cc2)cc1.c1ccc(-c2nc(-c3ccccc3)nc(-n3c4ccccc4c4cc(-c5cccc6c5c5ccncc5n6-c5ccccc5)ccc43)n2)cc1.c1ccc(-n2c3cnccc3c3c(-c4ccc5c(c4)c4ccccc4n5-c4ccc5ccccc5c4)cccc32)cc1. The summed E-state index contributed by atoms with van der Waals surface area (Å²) in [6.45, 7) is 0. The smallest absolute Gasteiger partial charge is 0.238 e. The molecule has 0 spiro atoms. The average Bonchev–Trinajstić information content (AvgIpc) is 1.58. The predicted molar refractivity (Wildman–Crippen MR) is 562 cm³/mol. The Morgan fingerprint density at radius 2 is 0.449 bits per heavy atom. The van der Waals surface area contributed by atoms with E-state index in [1.54, 1.807) is 0 Å². The van der Waals surface area contributed by atoms with Gasteiger partial charge in [-0.15, -0.1) is 0 Å². The quantitative estimate of drug-likeness (QED) is 0.121. The molecule has 636 valence electrons. The van der Waals surface area contributed by atoms with E-state index in [0.717, 1.165) is 83.3 Å². The molecule has 10 heterocycles. The molecular formula is C124H80N12. The molecule has 0 atom stereocenters. The maximum Gasteiger partial charge on any atom is 0.238 e. The third-order valence-corrected chi connectivity index (χ3v) is 26.9. The van der Waals surface area contributed by atoms with E-state index in [0.29, 0.717) is 17.6 Å². The van der Waals surface area contributed by atoms with E-state index in [2.05, 4.69) is 431 Å². The summed E-state index contributed by atoms with van der Waals surface area (Å²) in [5, 5.41) is 17.0. The van der Waals surface area contributed by atoms with Gasteiger partial charge in [0.25, 0.3) is 0 Å². The monoisotopic (exact) mass is 1740 g/mol. The minimum atomic E-state index is 0.581. The molecule has 28 aromatic rings. The summed E-state index contributed by atoms with van der Waals surface area (Å²) in [7, 11) is 0. The molecule has 136 heavy (non-hydrogen) atoms. The highest BCUT2D eigenvalue weighted by Gasteiger charge is 2.26. The lowest BCUT2D eigenvalue weighted by atomic mass is 9.98. The Kier molecular flexibility index (Phi) is 19.0. The van der Waals surface area contributed by atoms with Crippen LogP contribution in [0, 0.1) is 0 Å². The molecule has 0 aliphatic heterocycles. The van der Waals surface area contributed by atoms with E-state index in [4.69, 9.17) is 15.0 Å². The fourth-order valence-electron chi connectivity index (χ4n) is 20.9. The Morgan fingerprint density at radius 3 is 0.860 bits per heavy atom. The number of hydrogen-bond acceptors (Lipinski definition) is 6. The summed E-state index contributed by atoms with van der Waals surface area (Å²) >= 11 is 0. The van der Waals surface area contributed by atoms with Crippen molar-refractivity contribution in [3.05, 3.63) is 486 Å². The van der Waals surface area contributed by atoms with Gasteiger partial charge in [0.1, 0.15) is 0 Å². The van der Waals surface area contributed by atoms with Crippen LogP contribution >= 0.6 is 0 Å². The molecule has 0 unspecified atom stereocenters.